The van der Waals surface area contributed by atoms with Crippen molar-refractivity contribution >= 4 is 17.8 Å². The van der Waals surface area contributed by atoms with E-state index in [0.717, 1.165) is 23.4 Å². The summed E-state index contributed by atoms with van der Waals surface area (Å²) in [7, 11) is 1.66. The molecule has 1 unspecified atom stereocenters. The second-order valence-electron chi connectivity index (χ2n) is 7.26. The van der Waals surface area contributed by atoms with Crippen LogP contribution in [0.25, 0.3) is 6.08 Å². The molecule has 0 fully saturated rings. The summed E-state index contributed by atoms with van der Waals surface area (Å²) in [6, 6.07) is 16.0. The smallest absolute Gasteiger partial charge is 0.322 e. The lowest BCUT2D eigenvalue weighted by Crippen LogP contribution is -2.41. The summed E-state index contributed by atoms with van der Waals surface area (Å²) in [5, 5.41) is 3.02. The number of urea groups is 1. The maximum atomic E-state index is 12.9. The first-order valence-corrected chi connectivity index (χ1v) is 9.93. The number of hydrogen-bond donors (Lipinski definition) is 1. The van der Waals surface area contributed by atoms with Gasteiger partial charge >= 0.3 is 6.03 Å². The summed E-state index contributed by atoms with van der Waals surface area (Å²) < 4.78 is 5.38. The van der Waals surface area contributed by atoms with Crippen LogP contribution in [0.2, 0.25) is 0 Å². The van der Waals surface area contributed by atoms with E-state index in [-0.39, 0.29) is 12.1 Å². The Balaban J connectivity index is 2.07. The second-order valence-corrected chi connectivity index (χ2v) is 7.26. The van der Waals surface area contributed by atoms with E-state index in [2.05, 4.69) is 45.1 Å². The Morgan fingerprint density at radius 2 is 1.79 bits per heavy atom. The van der Waals surface area contributed by atoms with Gasteiger partial charge in [0.15, 0.2) is 0 Å². The molecule has 2 rings (SSSR count). The average Bonchev–Trinajstić information content (AvgIpc) is 2.71. The van der Waals surface area contributed by atoms with Gasteiger partial charge in [0, 0.05) is 23.8 Å². The Bertz CT molecular complexity index is 781. The van der Waals surface area contributed by atoms with E-state index in [1.165, 1.54) is 5.56 Å². The summed E-state index contributed by atoms with van der Waals surface area (Å²) in [5.41, 5.74) is 3.08. The van der Waals surface area contributed by atoms with E-state index in [4.69, 9.17) is 4.74 Å². The van der Waals surface area contributed by atoms with Crippen LogP contribution in [-0.4, -0.2) is 30.6 Å². The third-order valence-electron chi connectivity index (χ3n) is 4.95. The predicted octanol–water partition coefficient (Wildman–Crippen LogP) is 6.16. The Morgan fingerprint density at radius 3 is 2.39 bits per heavy atom. The van der Waals surface area contributed by atoms with E-state index in [9.17, 15) is 4.79 Å². The van der Waals surface area contributed by atoms with Gasteiger partial charge < -0.3 is 15.0 Å². The van der Waals surface area contributed by atoms with Crippen LogP contribution in [-0.2, 0) is 0 Å². The largest absolute Gasteiger partial charge is 0.496 e. The Kier molecular flexibility index (Phi) is 8.12. The lowest BCUT2D eigenvalue weighted by Gasteiger charge is -2.27. The van der Waals surface area contributed by atoms with Crippen molar-refractivity contribution in [1.29, 1.82) is 0 Å². The van der Waals surface area contributed by atoms with Crippen molar-refractivity contribution in [3.63, 3.8) is 0 Å². The molecule has 0 aliphatic rings. The molecule has 1 atom stereocenters. The maximum absolute atomic E-state index is 12.9. The fourth-order valence-electron chi connectivity index (χ4n) is 2.93. The number of hydrogen-bond acceptors (Lipinski definition) is 2. The van der Waals surface area contributed by atoms with Gasteiger partial charge in [0.05, 0.1) is 7.11 Å². The summed E-state index contributed by atoms with van der Waals surface area (Å²) in [5.74, 6) is 1.30. The maximum Gasteiger partial charge on any atom is 0.322 e. The highest BCUT2D eigenvalue weighted by atomic mass is 16.5. The minimum Gasteiger partial charge on any atom is -0.496 e. The third-order valence-corrected chi connectivity index (χ3v) is 4.95. The molecule has 1 N–H and O–H groups in total. The zero-order valence-corrected chi connectivity index (χ0v) is 17.6. The number of carbonyl (C=O) groups is 1. The number of rotatable bonds is 8. The van der Waals surface area contributed by atoms with Crippen molar-refractivity contribution in [2.75, 3.05) is 19.0 Å². The topological polar surface area (TPSA) is 41.6 Å². The number of para-hydroxylation sites is 1. The van der Waals surface area contributed by atoms with Gasteiger partial charge in [0.1, 0.15) is 5.75 Å². The molecule has 0 heterocycles. The van der Waals surface area contributed by atoms with Crippen LogP contribution in [0.15, 0.2) is 54.6 Å². The van der Waals surface area contributed by atoms with Crippen LogP contribution < -0.4 is 10.1 Å². The molecule has 0 aromatic heterocycles. The van der Waals surface area contributed by atoms with E-state index < -0.39 is 0 Å². The van der Waals surface area contributed by atoms with Crippen LogP contribution in [0.5, 0.6) is 5.75 Å². The number of methoxy groups -OCH3 is 1. The molecule has 0 bridgehead atoms. The third kappa shape index (κ3) is 5.88. The first-order chi connectivity index (χ1) is 13.5. The molecular formula is C24H32N2O2. The minimum absolute atomic E-state index is 0.0867. The van der Waals surface area contributed by atoms with Gasteiger partial charge in [-0.05, 0) is 43.0 Å². The van der Waals surface area contributed by atoms with Crippen molar-refractivity contribution in [1.82, 2.24) is 4.90 Å². The molecule has 2 aromatic carbocycles. The SMILES string of the molecule is CCC(C)N(C/C=C/c1ccccc1OC)C(=O)Nc1ccc(C(C)C)cc1. The van der Waals surface area contributed by atoms with Gasteiger partial charge in [-0.1, -0.05) is 63.3 Å². The lowest BCUT2D eigenvalue weighted by atomic mass is 10.0. The van der Waals surface area contributed by atoms with Gasteiger partial charge in [0.2, 0.25) is 0 Å². The number of ether oxygens (including phenoxy) is 1. The number of carbonyl (C=O) groups excluding carboxylic acids is 1. The normalized spacial score (nSPS) is 12.2. The zero-order chi connectivity index (χ0) is 20.5. The van der Waals surface area contributed by atoms with Gasteiger partial charge in [-0.25, -0.2) is 4.79 Å². The highest BCUT2D eigenvalue weighted by Crippen LogP contribution is 2.20. The zero-order valence-electron chi connectivity index (χ0n) is 17.6. The van der Waals surface area contributed by atoms with Crippen LogP contribution in [0, 0.1) is 0 Å². The molecule has 0 spiro atoms. The van der Waals surface area contributed by atoms with Crippen molar-refractivity contribution < 1.29 is 9.53 Å². The molecule has 0 radical (unpaired) electrons. The summed E-state index contributed by atoms with van der Waals surface area (Å²) in [6.45, 7) is 9.01. The molecule has 0 aliphatic carbocycles. The summed E-state index contributed by atoms with van der Waals surface area (Å²) in [6.07, 6.45) is 4.90. The summed E-state index contributed by atoms with van der Waals surface area (Å²) >= 11 is 0. The molecule has 4 heteroatoms. The molecule has 0 aliphatic heterocycles. The first-order valence-electron chi connectivity index (χ1n) is 9.93. The first kappa shape index (κ1) is 21.5. The van der Waals surface area contributed by atoms with Gasteiger partial charge in [-0.15, -0.1) is 0 Å². The van der Waals surface area contributed by atoms with E-state index >= 15 is 0 Å². The molecule has 28 heavy (non-hydrogen) atoms. The highest BCUT2D eigenvalue weighted by molar-refractivity contribution is 5.89. The van der Waals surface area contributed by atoms with E-state index in [1.54, 1.807) is 7.11 Å². The van der Waals surface area contributed by atoms with Crippen molar-refractivity contribution in [2.24, 2.45) is 0 Å². The van der Waals surface area contributed by atoms with Crippen LogP contribution in [0.1, 0.15) is 51.2 Å². The molecule has 150 valence electrons. The second kappa shape index (κ2) is 10.5. The highest BCUT2D eigenvalue weighted by Gasteiger charge is 2.17. The molecule has 4 nitrogen and oxygen atoms in total. The van der Waals surface area contributed by atoms with Gasteiger partial charge in [-0.3, -0.25) is 0 Å². The number of benzene rings is 2. The average molecular weight is 381 g/mol. The summed E-state index contributed by atoms with van der Waals surface area (Å²) in [4.78, 5) is 14.7. The standard InChI is InChI=1S/C24H32N2O2/c1-6-19(4)26(17-9-11-21-10-7-8-12-23(21)28-5)24(27)25-22-15-13-20(14-16-22)18(2)3/h7-16,18-19H,6,17H2,1-5H3,(H,25,27)/b11-9+. The van der Waals surface area contributed by atoms with E-state index in [0.29, 0.717) is 12.5 Å². The van der Waals surface area contributed by atoms with Crippen molar-refractivity contribution in [2.45, 2.75) is 46.1 Å². The van der Waals surface area contributed by atoms with Crippen LogP contribution in [0.4, 0.5) is 10.5 Å². The van der Waals surface area contributed by atoms with Crippen LogP contribution in [0.3, 0.4) is 0 Å². The quantitative estimate of drug-likeness (QED) is 0.595. The minimum atomic E-state index is -0.0867. The fourth-order valence-corrected chi connectivity index (χ4v) is 2.93. The monoisotopic (exact) mass is 380 g/mol. The van der Waals surface area contributed by atoms with Crippen LogP contribution >= 0.6 is 0 Å². The molecule has 2 aromatic rings. The number of nitrogens with zero attached hydrogens (tertiary/aromatic N) is 1. The molecule has 2 amide bonds. The molecule has 0 saturated carbocycles. The Labute approximate surface area is 169 Å². The molecule has 0 saturated heterocycles. The van der Waals surface area contributed by atoms with Gasteiger partial charge in [0.25, 0.3) is 0 Å². The van der Waals surface area contributed by atoms with E-state index in [1.807, 2.05) is 53.5 Å². The lowest BCUT2D eigenvalue weighted by molar-refractivity contribution is 0.198. The van der Waals surface area contributed by atoms with Crippen molar-refractivity contribution in [3.05, 3.63) is 65.7 Å². The predicted molar refractivity (Wildman–Crippen MR) is 118 cm³/mol. The van der Waals surface area contributed by atoms with Gasteiger partial charge in [-0.2, -0.15) is 0 Å². The number of nitrogens with one attached hydrogen (secondary N) is 1. The Hall–Kier alpha value is -2.75. The van der Waals surface area contributed by atoms with Crippen molar-refractivity contribution in [3.8, 4) is 5.75 Å². The molecular weight excluding hydrogens is 348 g/mol. The fraction of sp³-hybridized carbons (Fsp3) is 0.375. The Morgan fingerprint density at radius 1 is 1.11 bits per heavy atom. The number of anilines is 1. The number of amides is 2.